The molecule has 108 valence electrons. The molecule has 1 aromatic rings. The van der Waals surface area contributed by atoms with E-state index < -0.39 is 0 Å². The first-order valence-corrected chi connectivity index (χ1v) is 7.66. The van der Waals surface area contributed by atoms with Crippen molar-refractivity contribution in [3.63, 3.8) is 0 Å². The predicted molar refractivity (Wildman–Crippen MR) is 87.2 cm³/mol. The summed E-state index contributed by atoms with van der Waals surface area (Å²) in [6, 6.07) is 6.36. The molecule has 0 saturated heterocycles. The molecule has 0 atom stereocenters. The molecule has 1 aliphatic carbocycles. The van der Waals surface area contributed by atoms with E-state index in [9.17, 15) is 4.79 Å². The summed E-state index contributed by atoms with van der Waals surface area (Å²) in [6.07, 6.45) is 5.95. The average Bonchev–Trinajstić information content (AvgIpc) is 2.44. The number of nitrogens with one attached hydrogen (secondary N) is 2. The van der Waals surface area contributed by atoms with Gasteiger partial charge in [-0.2, -0.15) is 0 Å². The fourth-order valence-corrected chi connectivity index (χ4v) is 2.77. The van der Waals surface area contributed by atoms with Crippen LogP contribution in [0.3, 0.4) is 0 Å². The summed E-state index contributed by atoms with van der Waals surface area (Å²) >= 11 is 5.21. The highest BCUT2D eigenvalue weighted by molar-refractivity contribution is 7.82. The lowest BCUT2D eigenvalue weighted by atomic mass is 9.95. The van der Waals surface area contributed by atoms with Crippen molar-refractivity contribution in [3.8, 4) is 0 Å². The third kappa shape index (κ3) is 4.04. The third-order valence-corrected chi connectivity index (χ3v) is 4.09. The molecule has 1 amide bonds. The molecule has 0 bridgehead atoms. The Morgan fingerprint density at radius 2 is 1.90 bits per heavy atom. The lowest BCUT2D eigenvalue weighted by Gasteiger charge is -2.23. The van der Waals surface area contributed by atoms with Gasteiger partial charge in [0.05, 0.1) is 0 Å². The Morgan fingerprint density at radius 3 is 2.60 bits per heavy atom. The predicted octanol–water partition coefficient (Wildman–Crippen LogP) is 3.49. The second-order valence-electron chi connectivity index (χ2n) is 5.58. The van der Waals surface area contributed by atoms with Crippen LogP contribution in [0.25, 0.3) is 0 Å². The van der Waals surface area contributed by atoms with Crippen molar-refractivity contribution in [1.82, 2.24) is 5.32 Å². The van der Waals surface area contributed by atoms with Crippen molar-refractivity contribution in [3.05, 3.63) is 29.3 Å². The Hall–Kier alpha value is -1.42. The Balaban J connectivity index is 1.93. The largest absolute Gasteiger partial charge is 0.369 e. The second-order valence-corrected chi connectivity index (χ2v) is 5.99. The van der Waals surface area contributed by atoms with E-state index in [1.807, 2.05) is 32.0 Å². The highest BCUT2D eigenvalue weighted by Gasteiger charge is 2.18. The normalized spacial score (nSPS) is 15.7. The molecule has 0 radical (unpaired) electrons. The van der Waals surface area contributed by atoms with Gasteiger partial charge in [0.1, 0.15) is 0 Å². The fraction of sp³-hybridized carbons (Fsp3) is 0.500. The van der Waals surface area contributed by atoms with Crippen molar-refractivity contribution in [2.24, 2.45) is 0 Å². The quantitative estimate of drug-likeness (QED) is 0.819. The summed E-state index contributed by atoms with van der Waals surface area (Å²) in [5, 5.41) is 6.09. The molecule has 0 spiro atoms. The number of anilines is 1. The van der Waals surface area contributed by atoms with E-state index in [4.69, 9.17) is 12.2 Å². The number of hydrogen-bond donors (Lipinski definition) is 2. The Kier molecular flexibility index (Phi) is 5.12. The highest BCUT2D eigenvalue weighted by Crippen LogP contribution is 2.18. The van der Waals surface area contributed by atoms with E-state index in [-0.39, 0.29) is 5.91 Å². The number of aryl methyl sites for hydroxylation is 2. The smallest absolute Gasteiger partial charge is 0.283 e. The first-order valence-electron chi connectivity index (χ1n) is 7.25. The van der Waals surface area contributed by atoms with Crippen molar-refractivity contribution >= 4 is 28.8 Å². The molecule has 20 heavy (non-hydrogen) atoms. The van der Waals surface area contributed by atoms with Crippen LogP contribution in [0, 0.1) is 13.8 Å². The van der Waals surface area contributed by atoms with Crippen LogP contribution >= 0.6 is 12.2 Å². The average molecular weight is 290 g/mol. The summed E-state index contributed by atoms with van der Waals surface area (Å²) in [7, 11) is 0. The maximum atomic E-state index is 12.1. The Bertz CT molecular complexity index is 507. The SMILES string of the molecule is Cc1ccc(C)c(NC(=O)C(=S)NC2CCCCC2)c1. The van der Waals surface area contributed by atoms with Gasteiger partial charge in [-0.25, -0.2) is 0 Å². The minimum atomic E-state index is -0.209. The van der Waals surface area contributed by atoms with Gasteiger partial charge < -0.3 is 10.6 Å². The van der Waals surface area contributed by atoms with Crippen LogP contribution in [-0.2, 0) is 4.79 Å². The second kappa shape index (κ2) is 6.84. The highest BCUT2D eigenvalue weighted by atomic mass is 32.1. The molecular weight excluding hydrogens is 268 g/mol. The van der Waals surface area contributed by atoms with Gasteiger partial charge in [0, 0.05) is 11.7 Å². The molecule has 2 N–H and O–H groups in total. The Morgan fingerprint density at radius 1 is 1.20 bits per heavy atom. The molecule has 4 heteroatoms. The van der Waals surface area contributed by atoms with Gasteiger partial charge in [0.2, 0.25) is 0 Å². The topological polar surface area (TPSA) is 41.1 Å². The summed E-state index contributed by atoms with van der Waals surface area (Å²) in [5.41, 5.74) is 3.00. The van der Waals surface area contributed by atoms with E-state index in [1.54, 1.807) is 0 Å². The van der Waals surface area contributed by atoms with E-state index in [0.717, 1.165) is 29.7 Å². The minimum absolute atomic E-state index is 0.209. The van der Waals surface area contributed by atoms with E-state index in [1.165, 1.54) is 19.3 Å². The van der Waals surface area contributed by atoms with Crippen LogP contribution in [-0.4, -0.2) is 16.9 Å². The molecule has 1 saturated carbocycles. The lowest BCUT2D eigenvalue weighted by molar-refractivity contribution is -0.110. The fourth-order valence-electron chi connectivity index (χ4n) is 2.55. The summed E-state index contributed by atoms with van der Waals surface area (Å²) in [6.45, 7) is 3.99. The number of carbonyl (C=O) groups excluding carboxylic acids is 1. The van der Waals surface area contributed by atoms with Gasteiger partial charge in [-0.05, 0) is 43.9 Å². The maximum Gasteiger partial charge on any atom is 0.283 e. The molecule has 1 aliphatic rings. The molecule has 1 fully saturated rings. The number of thiocarbonyl (C=S) groups is 1. The minimum Gasteiger partial charge on any atom is -0.369 e. The van der Waals surface area contributed by atoms with E-state index >= 15 is 0 Å². The van der Waals surface area contributed by atoms with E-state index in [0.29, 0.717) is 11.0 Å². The molecule has 1 aromatic carbocycles. The van der Waals surface area contributed by atoms with Crippen molar-refractivity contribution < 1.29 is 4.79 Å². The molecule has 0 aliphatic heterocycles. The molecular formula is C16H22N2OS. The first-order chi connectivity index (χ1) is 9.56. The van der Waals surface area contributed by atoms with Gasteiger partial charge in [0.25, 0.3) is 5.91 Å². The molecule has 0 heterocycles. The van der Waals surface area contributed by atoms with Crippen LogP contribution in [0.4, 0.5) is 5.69 Å². The monoisotopic (exact) mass is 290 g/mol. The van der Waals surface area contributed by atoms with Gasteiger partial charge in [-0.15, -0.1) is 0 Å². The van der Waals surface area contributed by atoms with Crippen LogP contribution in [0.1, 0.15) is 43.2 Å². The summed E-state index contributed by atoms with van der Waals surface area (Å²) < 4.78 is 0. The number of hydrogen-bond acceptors (Lipinski definition) is 2. The van der Waals surface area contributed by atoms with Gasteiger partial charge >= 0.3 is 0 Å². The van der Waals surface area contributed by atoms with Crippen molar-refractivity contribution in [1.29, 1.82) is 0 Å². The molecule has 0 aromatic heterocycles. The first kappa shape index (κ1) is 15.0. The van der Waals surface area contributed by atoms with Gasteiger partial charge in [-0.3, -0.25) is 4.79 Å². The summed E-state index contributed by atoms with van der Waals surface area (Å²) in [5.74, 6) is -0.209. The van der Waals surface area contributed by atoms with Crippen LogP contribution in [0.2, 0.25) is 0 Å². The van der Waals surface area contributed by atoms with Crippen molar-refractivity contribution in [2.75, 3.05) is 5.32 Å². The zero-order valence-corrected chi connectivity index (χ0v) is 13.0. The number of amides is 1. The number of rotatable bonds is 2. The van der Waals surface area contributed by atoms with E-state index in [2.05, 4.69) is 10.6 Å². The Labute approximate surface area is 126 Å². The zero-order valence-electron chi connectivity index (χ0n) is 12.2. The number of carbonyl (C=O) groups is 1. The molecule has 3 nitrogen and oxygen atoms in total. The van der Waals surface area contributed by atoms with Crippen molar-refractivity contribution in [2.45, 2.75) is 52.0 Å². The van der Waals surface area contributed by atoms with Crippen LogP contribution in [0.15, 0.2) is 18.2 Å². The maximum absolute atomic E-state index is 12.1. The zero-order chi connectivity index (χ0) is 14.5. The lowest BCUT2D eigenvalue weighted by Crippen LogP contribution is -2.41. The molecule has 0 unspecified atom stereocenters. The molecule has 2 rings (SSSR count). The van der Waals surface area contributed by atoms with Crippen LogP contribution in [0.5, 0.6) is 0 Å². The number of benzene rings is 1. The van der Waals surface area contributed by atoms with Gasteiger partial charge in [0.15, 0.2) is 4.99 Å². The summed E-state index contributed by atoms with van der Waals surface area (Å²) in [4.78, 5) is 12.4. The van der Waals surface area contributed by atoms with Gasteiger partial charge in [-0.1, -0.05) is 43.6 Å². The van der Waals surface area contributed by atoms with Crippen LogP contribution < -0.4 is 10.6 Å². The standard InChI is InChI=1S/C16H22N2OS/c1-11-8-9-12(2)14(10-11)18-15(19)16(20)17-13-6-4-3-5-7-13/h8-10,13H,3-7H2,1-2H3,(H,17,20)(H,18,19). The third-order valence-electron chi connectivity index (χ3n) is 3.79.